The van der Waals surface area contributed by atoms with E-state index in [0.717, 1.165) is 0 Å². The van der Waals surface area contributed by atoms with Crippen LogP contribution in [0.2, 0.25) is 0 Å². The Labute approximate surface area is 71.0 Å². The van der Waals surface area contributed by atoms with Gasteiger partial charge in [-0.05, 0) is 13.8 Å². The molecule has 0 aromatic rings. The molecular formula is C8H13NO3. The lowest BCUT2D eigenvalue weighted by Crippen LogP contribution is -2.73. The Morgan fingerprint density at radius 2 is 2.33 bits per heavy atom. The third-order valence-corrected chi connectivity index (χ3v) is 1.83. The minimum Gasteiger partial charge on any atom is -0.544 e. The monoisotopic (exact) mass is 171 g/mol. The van der Waals surface area contributed by atoms with E-state index in [1.807, 2.05) is 19.9 Å². The number of carbonyl (C=O) groups excluding carboxylic acids is 1. The molecule has 1 rings (SSSR count). The Morgan fingerprint density at radius 3 is 2.67 bits per heavy atom. The molecule has 0 bridgehead atoms. The maximum atomic E-state index is 10.4. The lowest BCUT2D eigenvalue weighted by molar-refractivity contribution is -0.450. The maximum Gasteiger partial charge on any atom is 0.155 e. The zero-order valence-electron chi connectivity index (χ0n) is 7.24. The quantitative estimate of drug-likeness (QED) is 0.492. The molecule has 0 aromatic heterocycles. The van der Waals surface area contributed by atoms with Crippen LogP contribution in [-0.2, 0) is 9.53 Å². The Kier molecular flexibility index (Phi) is 2.21. The number of rotatable bonds is 2. The van der Waals surface area contributed by atoms with Crippen LogP contribution in [0.25, 0.3) is 0 Å². The van der Waals surface area contributed by atoms with Gasteiger partial charge >= 0.3 is 0 Å². The second-order valence-corrected chi connectivity index (χ2v) is 3.47. The second kappa shape index (κ2) is 2.88. The predicted molar refractivity (Wildman–Crippen MR) is 39.8 cm³/mol. The Morgan fingerprint density at radius 1 is 1.75 bits per heavy atom. The summed E-state index contributed by atoms with van der Waals surface area (Å²) in [4.78, 5) is 10.4. The molecular weight excluding hydrogens is 158 g/mol. The lowest BCUT2D eigenvalue weighted by Gasteiger charge is -2.22. The molecule has 3 N–H and O–H groups in total. The topological polar surface area (TPSA) is 77.0 Å². The fourth-order valence-electron chi connectivity index (χ4n) is 1.11. The molecule has 0 spiro atoms. The van der Waals surface area contributed by atoms with Crippen LogP contribution in [0.3, 0.4) is 0 Å². The Hall–Kier alpha value is -0.870. The van der Waals surface area contributed by atoms with Crippen molar-refractivity contribution in [3.05, 3.63) is 12.2 Å². The molecule has 0 radical (unpaired) electrons. The van der Waals surface area contributed by atoms with Gasteiger partial charge in [-0.25, -0.2) is 0 Å². The largest absolute Gasteiger partial charge is 0.544 e. The van der Waals surface area contributed by atoms with Crippen molar-refractivity contribution in [1.29, 1.82) is 0 Å². The van der Waals surface area contributed by atoms with Gasteiger partial charge in [-0.3, -0.25) is 0 Å². The number of hydrogen-bond acceptors (Lipinski definition) is 3. The van der Waals surface area contributed by atoms with Gasteiger partial charge < -0.3 is 20.4 Å². The summed E-state index contributed by atoms with van der Waals surface area (Å²) >= 11 is 0. The van der Waals surface area contributed by atoms with Crippen LogP contribution in [-0.4, -0.2) is 23.7 Å². The Balaban J connectivity index is 2.60. The van der Waals surface area contributed by atoms with Crippen LogP contribution in [0, 0.1) is 0 Å². The number of carboxylic acids is 1. The molecule has 0 aromatic carbocycles. The molecule has 2 atom stereocenters. The van der Waals surface area contributed by atoms with Gasteiger partial charge in [0.2, 0.25) is 0 Å². The van der Waals surface area contributed by atoms with Crippen molar-refractivity contribution < 1.29 is 20.4 Å². The summed E-state index contributed by atoms with van der Waals surface area (Å²) in [7, 11) is 0. The molecule has 68 valence electrons. The van der Waals surface area contributed by atoms with Crippen molar-refractivity contribution >= 4 is 5.97 Å². The summed E-state index contributed by atoms with van der Waals surface area (Å²) in [6, 6.07) is -0.831. The van der Waals surface area contributed by atoms with Crippen LogP contribution in [0.5, 0.6) is 0 Å². The van der Waals surface area contributed by atoms with E-state index >= 15 is 0 Å². The molecule has 4 nitrogen and oxygen atoms in total. The summed E-state index contributed by atoms with van der Waals surface area (Å²) in [6.07, 6.45) is 3.09. The summed E-state index contributed by atoms with van der Waals surface area (Å²) in [5.41, 5.74) is 3.07. The highest BCUT2D eigenvalue weighted by Gasteiger charge is 2.32. The van der Waals surface area contributed by atoms with Crippen LogP contribution in [0.1, 0.15) is 13.8 Å². The number of quaternary nitrogens is 1. The minimum atomic E-state index is -1.18. The highest BCUT2D eigenvalue weighted by molar-refractivity contribution is 5.70. The number of carbonyl (C=O) groups is 1. The molecule has 4 heteroatoms. The van der Waals surface area contributed by atoms with E-state index in [0.29, 0.717) is 0 Å². The first kappa shape index (κ1) is 9.22. The van der Waals surface area contributed by atoms with Crippen LogP contribution in [0.4, 0.5) is 0 Å². The lowest BCUT2D eigenvalue weighted by atomic mass is 10.1. The molecule has 0 saturated heterocycles. The van der Waals surface area contributed by atoms with Crippen molar-refractivity contribution in [3.63, 3.8) is 0 Å². The average Bonchev–Trinajstić information content (AvgIpc) is 2.28. The van der Waals surface area contributed by atoms with E-state index in [4.69, 9.17) is 4.74 Å². The van der Waals surface area contributed by atoms with Crippen molar-refractivity contribution in [1.82, 2.24) is 0 Å². The number of hydrogen-bond donors (Lipinski definition) is 1. The van der Waals surface area contributed by atoms with Gasteiger partial charge in [0.25, 0.3) is 0 Å². The highest BCUT2D eigenvalue weighted by Crippen LogP contribution is 2.22. The fraction of sp³-hybridized carbons (Fsp3) is 0.625. The molecule has 0 aliphatic carbocycles. The summed E-state index contributed by atoms with van der Waals surface area (Å²) in [5.74, 6) is -1.18. The van der Waals surface area contributed by atoms with Gasteiger partial charge in [-0.2, -0.15) is 0 Å². The van der Waals surface area contributed by atoms with E-state index in [-0.39, 0.29) is 5.60 Å². The maximum absolute atomic E-state index is 10.4. The first-order chi connectivity index (χ1) is 5.42. The van der Waals surface area contributed by atoms with Crippen molar-refractivity contribution in [2.24, 2.45) is 0 Å². The van der Waals surface area contributed by atoms with E-state index in [1.54, 1.807) is 6.08 Å². The SMILES string of the molecule is CC1(C)C=C[C@H]([C@H]([NH3+])C(=O)[O-])O1. The first-order valence-corrected chi connectivity index (χ1v) is 3.83. The fourth-order valence-corrected chi connectivity index (χ4v) is 1.11. The predicted octanol–water partition coefficient (Wildman–Crippen LogP) is -1.92. The highest BCUT2D eigenvalue weighted by atomic mass is 16.5. The van der Waals surface area contributed by atoms with E-state index in [2.05, 4.69) is 5.73 Å². The van der Waals surface area contributed by atoms with E-state index < -0.39 is 18.1 Å². The molecule has 1 aliphatic heterocycles. The van der Waals surface area contributed by atoms with Crippen molar-refractivity contribution in [3.8, 4) is 0 Å². The van der Waals surface area contributed by atoms with Crippen LogP contribution < -0.4 is 10.8 Å². The molecule has 1 aliphatic rings. The normalized spacial score (nSPS) is 28.8. The second-order valence-electron chi connectivity index (χ2n) is 3.47. The molecule has 0 saturated carbocycles. The van der Waals surface area contributed by atoms with Crippen molar-refractivity contribution in [2.75, 3.05) is 0 Å². The van der Waals surface area contributed by atoms with Crippen LogP contribution in [0.15, 0.2) is 12.2 Å². The molecule has 0 fully saturated rings. The third-order valence-electron chi connectivity index (χ3n) is 1.83. The van der Waals surface area contributed by atoms with E-state index in [9.17, 15) is 9.90 Å². The molecule has 12 heavy (non-hydrogen) atoms. The molecule has 1 heterocycles. The number of ether oxygens (including phenoxy) is 1. The van der Waals surface area contributed by atoms with Gasteiger partial charge in [-0.15, -0.1) is 0 Å². The zero-order chi connectivity index (χ0) is 9.35. The number of carboxylic acid groups (broad SMARTS) is 1. The van der Waals surface area contributed by atoms with Gasteiger partial charge in [0.05, 0.1) is 5.60 Å². The van der Waals surface area contributed by atoms with Gasteiger partial charge in [0, 0.05) is 0 Å². The number of aliphatic carboxylic acids is 1. The zero-order valence-corrected chi connectivity index (χ0v) is 7.24. The third kappa shape index (κ3) is 1.84. The minimum absolute atomic E-state index is 0.379. The van der Waals surface area contributed by atoms with Crippen molar-refractivity contribution in [2.45, 2.75) is 31.6 Å². The van der Waals surface area contributed by atoms with Crippen LogP contribution >= 0.6 is 0 Å². The van der Waals surface area contributed by atoms with E-state index in [1.165, 1.54) is 0 Å². The Bertz CT molecular complexity index is 222. The van der Waals surface area contributed by atoms with Gasteiger partial charge in [0.15, 0.2) is 6.04 Å². The smallest absolute Gasteiger partial charge is 0.155 e. The van der Waals surface area contributed by atoms with Gasteiger partial charge in [0.1, 0.15) is 12.1 Å². The molecule has 0 unspecified atom stereocenters. The summed E-state index contributed by atoms with van der Waals surface area (Å²) < 4.78 is 5.38. The first-order valence-electron chi connectivity index (χ1n) is 3.83. The molecule has 0 amide bonds. The summed E-state index contributed by atoms with van der Waals surface area (Å²) in [5, 5.41) is 10.4. The van der Waals surface area contributed by atoms with Gasteiger partial charge in [-0.1, -0.05) is 12.2 Å². The average molecular weight is 171 g/mol. The summed E-state index contributed by atoms with van der Waals surface area (Å²) in [6.45, 7) is 3.73. The standard InChI is InChI=1S/C8H13NO3/c1-8(2)4-3-5(12-8)6(9)7(10)11/h3-6H,9H2,1-2H3,(H,10,11)/t5-,6+/m1/s1.